The molecule has 0 aliphatic carbocycles. The first-order chi connectivity index (χ1) is 10.2. The number of piperidine rings is 1. The van der Waals surface area contributed by atoms with Crippen LogP contribution < -0.4 is 0 Å². The van der Waals surface area contributed by atoms with Gasteiger partial charge in [0.2, 0.25) is 0 Å². The summed E-state index contributed by atoms with van der Waals surface area (Å²) in [6.07, 6.45) is 2.36. The van der Waals surface area contributed by atoms with E-state index in [1.807, 2.05) is 24.3 Å². The van der Waals surface area contributed by atoms with Crippen molar-refractivity contribution in [1.82, 2.24) is 4.90 Å². The minimum absolute atomic E-state index is 0.214. The van der Waals surface area contributed by atoms with E-state index in [1.54, 1.807) is 0 Å². The van der Waals surface area contributed by atoms with Crippen LogP contribution in [0.15, 0.2) is 24.3 Å². The second-order valence-electron chi connectivity index (χ2n) is 5.58. The molecule has 21 heavy (non-hydrogen) atoms. The van der Waals surface area contributed by atoms with E-state index in [-0.39, 0.29) is 5.91 Å². The number of amides is 1. The highest BCUT2D eigenvalue weighted by atomic mass is 16.5. The number of carbonyl (C=O) groups excluding carboxylic acids is 1. The van der Waals surface area contributed by atoms with Crippen LogP contribution in [0.5, 0.6) is 0 Å². The largest absolute Gasteiger partial charge is 0.480 e. The molecule has 2 atom stereocenters. The lowest BCUT2D eigenvalue weighted by Gasteiger charge is -2.36. The monoisotopic (exact) mass is 289 g/mol. The molecule has 0 bridgehead atoms. The standard InChI is InChI=1S/C16H19NO4/c18-15(17-9-4-3-7-13(17)16(19)20)14-12-6-2-1-5-11(12)8-10-21-14/h1-2,5-6,13-14H,3-4,7-10H2,(H,19,20). The van der Waals surface area contributed by atoms with Gasteiger partial charge in [0.1, 0.15) is 6.04 Å². The molecule has 0 aromatic heterocycles. The number of hydrogen-bond acceptors (Lipinski definition) is 3. The van der Waals surface area contributed by atoms with Gasteiger partial charge in [0, 0.05) is 6.54 Å². The molecule has 2 unspecified atom stereocenters. The summed E-state index contributed by atoms with van der Waals surface area (Å²) in [6.45, 7) is 0.997. The summed E-state index contributed by atoms with van der Waals surface area (Å²) in [5.74, 6) is -1.14. The van der Waals surface area contributed by atoms with Crippen LogP contribution in [0.1, 0.15) is 36.5 Å². The molecule has 0 radical (unpaired) electrons. The molecule has 1 amide bonds. The Morgan fingerprint density at radius 3 is 2.86 bits per heavy atom. The Morgan fingerprint density at radius 2 is 2.05 bits per heavy atom. The highest BCUT2D eigenvalue weighted by Gasteiger charge is 2.38. The fourth-order valence-corrected chi connectivity index (χ4v) is 3.20. The summed E-state index contributed by atoms with van der Waals surface area (Å²) in [4.78, 5) is 25.6. The highest BCUT2D eigenvalue weighted by Crippen LogP contribution is 2.30. The van der Waals surface area contributed by atoms with Gasteiger partial charge in [0.15, 0.2) is 6.10 Å². The van der Waals surface area contributed by atoms with Crippen LogP contribution in [0.25, 0.3) is 0 Å². The smallest absolute Gasteiger partial charge is 0.326 e. The average molecular weight is 289 g/mol. The summed E-state index contributed by atoms with van der Waals surface area (Å²) in [5.41, 5.74) is 1.99. The van der Waals surface area contributed by atoms with Crippen molar-refractivity contribution in [2.75, 3.05) is 13.2 Å². The lowest BCUT2D eigenvalue weighted by Crippen LogP contribution is -2.50. The van der Waals surface area contributed by atoms with Crippen LogP contribution >= 0.6 is 0 Å². The molecule has 112 valence electrons. The number of carbonyl (C=O) groups is 2. The topological polar surface area (TPSA) is 66.8 Å². The second kappa shape index (κ2) is 5.85. The molecule has 2 aliphatic rings. The molecule has 0 saturated carbocycles. The maximum Gasteiger partial charge on any atom is 0.326 e. The molecule has 1 aromatic rings. The number of carboxylic acids is 1. The number of ether oxygens (including phenoxy) is 1. The van der Waals surface area contributed by atoms with Gasteiger partial charge < -0.3 is 14.7 Å². The molecule has 5 heteroatoms. The van der Waals surface area contributed by atoms with E-state index >= 15 is 0 Å². The number of carboxylic acid groups (broad SMARTS) is 1. The maximum atomic E-state index is 12.8. The first-order valence-electron chi connectivity index (χ1n) is 7.41. The van der Waals surface area contributed by atoms with Crippen LogP contribution in [0.3, 0.4) is 0 Å². The van der Waals surface area contributed by atoms with E-state index in [9.17, 15) is 14.7 Å². The summed E-state index contributed by atoms with van der Waals surface area (Å²) >= 11 is 0. The molecule has 1 N–H and O–H groups in total. The Balaban J connectivity index is 1.86. The Kier molecular flexibility index (Phi) is 3.92. The zero-order chi connectivity index (χ0) is 14.8. The molecule has 1 saturated heterocycles. The number of benzene rings is 1. The Labute approximate surface area is 123 Å². The number of hydrogen-bond donors (Lipinski definition) is 1. The second-order valence-corrected chi connectivity index (χ2v) is 5.58. The predicted molar refractivity (Wildman–Crippen MR) is 75.8 cm³/mol. The number of fused-ring (bicyclic) bond motifs is 1. The minimum atomic E-state index is -0.924. The average Bonchev–Trinajstić information content (AvgIpc) is 2.53. The molecule has 1 aromatic carbocycles. The molecular formula is C16H19NO4. The van der Waals surface area contributed by atoms with Crippen LogP contribution in [-0.2, 0) is 20.7 Å². The first kappa shape index (κ1) is 14.1. The Morgan fingerprint density at radius 1 is 1.24 bits per heavy atom. The van der Waals surface area contributed by atoms with E-state index in [2.05, 4.69) is 0 Å². The lowest BCUT2D eigenvalue weighted by atomic mass is 9.95. The van der Waals surface area contributed by atoms with Crippen LogP contribution in [-0.4, -0.2) is 41.1 Å². The fraction of sp³-hybridized carbons (Fsp3) is 0.500. The van der Waals surface area contributed by atoms with Gasteiger partial charge in [-0.25, -0.2) is 4.79 Å². The van der Waals surface area contributed by atoms with Crippen molar-refractivity contribution in [3.05, 3.63) is 35.4 Å². The van der Waals surface area contributed by atoms with Crippen molar-refractivity contribution in [1.29, 1.82) is 0 Å². The summed E-state index contributed by atoms with van der Waals surface area (Å²) < 4.78 is 5.66. The van der Waals surface area contributed by atoms with Gasteiger partial charge in [-0.15, -0.1) is 0 Å². The van der Waals surface area contributed by atoms with Gasteiger partial charge in [0.25, 0.3) is 5.91 Å². The zero-order valence-corrected chi connectivity index (χ0v) is 11.8. The minimum Gasteiger partial charge on any atom is -0.480 e. The predicted octanol–water partition coefficient (Wildman–Crippen LogP) is 1.77. The van der Waals surface area contributed by atoms with Crippen molar-refractivity contribution in [2.45, 2.75) is 37.8 Å². The normalized spacial score (nSPS) is 25.2. The summed E-state index contributed by atoms with van der Waals surface area (Å²) in [6, 6.07) is 7.02. The van der Waals surface area contributed by atoms with Crippen molar-refractivity contribution in [2.24, 2.45) is 0 Å². The van der Waals surface area contributed by atoms with Crippen molar-refractivity contribution in [3.63, 3.8) is 0 Å². The molecular weight excluding hydrogens is 270 g/mol. The third-order valence-electron chi connectivity index (χ3n) is 4.29. The number of rotatable bonds is 2. The molecule has 3 rings (SSSR count). The van der Waals surface area contributed by atoms with Gasteiger partial charge in [-0.2, -0.15) is 0 Å². The number of aliphatic carboxylic acids is 1. The van der Waals surface area contributed by atoms with E-state index in [1.165, 1.54) is 4.90 Å². The van der Waals surface area contributed by atoms with Gasteiger partial charge >= 0.3 is 5.97 Å². The molecule has 5 nitrogen and oxygen atoms in total. The van der Waals surface area contributed by atoms with E-state index in [0.717, 1.165) is 30.4 Å². The van der Waals surface area contributed by atoms with Crippen LogP contribution in [0.2, 0.25) is 0 Å². The van der Waals surface area contributed by atoms with Gasteiger partial charge in [-0.05, 0) is 36.8 Å². The van der Waals surface area contributed by atoms with Gasteiger partial charge in [0.05, 0.1) is 6.61 Å². The van der Waals surface area contributed by atoms with E-state index < -0.39 is 18.1 Å². The van der Waals surface area contributed by atoms with Gasteiger partial charge in [-0.3, -0.25) is 4.79 Å². The van der Waals surface area contributed by atoms with Crippen molar-refractivity contribution in [3.8, 4) is 0 Å². The molecule has 2 aliphatic heterocycles. The van der Waals surface area contributed by atoms with Crippen molar-refractivity contribution >= 4 is 11.9 Å². The third kappa shape index (κ3) is 2.65. The zero-order valence-electron chi connectivity index (χ0n) is 11.8. The maximum absolute atomic E-state index is 12.8. The highest BCUT2D eigenvalue weighted by molar-refractivity contribution is 5.87. The van der Waals surface area contributed by atoms with E-state index in [0.29, 0.717) is 19.6 Å². The Hall–Kier alpha value is -1.88. The number of nitrogens with zero attached hydrogens (tertiary/aromatic N) is 1. The Bertz CT molecular complexity index is 557. The van der Waals surface area contributed by atoms with Crippen LogP contribution in [0.4, 0.5) is 0 Å². The van der Waals surface area contributed by atoms with Crippen molar-refractivity contribution < 1.29 is 19.4 Å². The molecule has 2 heterocycles. The number of likely N-dealkylation sites (tertiary alicyclic amines) is 1. The fourth-order valence-electron chi connectivity index (χ4n) is 3.20. The van der Waals surface area contributed by atoms with Crippen LogP contribution in [0, 0.1) is 0 Å². The third-order valence-corrected chi connectivity index (χ3v) is 4.29. The lowest BCUT2D eigenvalue weighted by molar-refractivity contribution is -0.159. The SMILES string of the molecule is O=C(O)C1CCCCN1C(=O)C1OCCc2ccccc21. The van der Waals surface area contributed by atoms with E-state index in [4.69, 9.17) is 4.74 Å². The first-order valence-corrected chi connectivity index (χ1v) is 7.41. The van der Waals surface area contributed by atoms with Gasteiger partial charge in [-0.1, -0.05) is 24.3 Å². The molecule has 1 fully saturated rings. The summed E-state index contributed by atoms with van der Waals surface area (Å²) in [7, 11) is 0. The molecule has 0 spiro atoms. The summed E-state index contributed by atoms with van der Waals surface area (Å²) in [5, 5.41) is 9.32. The quantitative estimate of drug-likeness (QED) is 0.901.